The Balaban J connectivity index is 1.62. The number of carbonyl (C=O) groups is 1. The molecule has 4 rings (SSSR count). The lowest BCUT2D eigenvalue weighted by Crippen LogP contribution is -2.28. The van der Waals surface area contributed by atoms with Gasteiger partial charge in [0.05, 0.1) is 10.6 Å². The largest absolute Gasteiger partial charge is 0.308 e. The average molecular weight is 435 g/mol. The van der Waals surface area contributed by atoms with E-state index in [4.69, 9.17) is 0 Å². The first kappa shape index (κ1) is 21.1. The third-order valence-electron chi connectivity index (χ3n) is 5.71. The standard InChI is InChI=1S/C25H26N2O3S/c1-16-5-7-20(8-6-16)25(28)27-12-11-21-15-22(9-10-23(21)27)31(29,30)26-24-18(3)13-17(2)14-19(24)4/h5-10,13-15,26H,11-12H2,1-4H3. The summed E-state index contributed by atoms with van der Waals surface area (Å²) >= 11 is 0. The van der Waals surface area contributed by atoms with E-state index in [1.165, 1.54) is 0 Å². The molecule has 0 fully saturated rings. The van der Waals surface area contributed by atoms with Crippen LogP contribution in [0.25, 0.3) is 0 Å². The number of hydrogen-bond acceptors (Lipinski definition) is 3. The molecular formula is C25H26N2O3S. The Morgan fingerprint density at radius 3 is 2.16 bits per heavy atom. The SMILES string of the molecule is Cc1ccc(C(=O)N2CCc3cc(S(=O)(=O)Nc4c(C)cc(C)cc4C)ccc32)cc1. The van der Waals surface area contributed by atoms with Crippen LogP contribution in [0, 0.1) is 27.7 Å². The van der Waals surface area contributed by atoms with Crippen molar-refractivity contribution in [3.05, 3.63) is 88.0 Å². The number of rotatable bonds is 4. The molecule has 0 aromatic heterocycles. The van der Waals surface area contributed by atoms with Crippen molar-refractivity contribution in [2.75, 3.05) is 16.2 Å². The van der Waals surface area contributed by atoms with Crippen molar-refractivity contribution in [2.24, 2.45) is 0 Å². The minimum Gasteiger partial charge on any atom is -0.308 e. The molecule has 3 aromatic rings. The smallest absolute Gasteiger partial charge is 0.261 e. The summed E-state index contributed by atoms with van der Waals surface area (Å²) in [5.41, 5.74) is 6.83. The number of nitrogens with zero attached hydrogens (tertiary/aromatic N) is 1. The molecule has 1 N–H and O–H groups in total. The highest BCUT2D eigenvalue weighted by molar-refractivity contribution is 7.92. The first-order valence-corrected chi connectivity index (χ1v) is 11.8. The number of amides is 1. The predicted octanol–water partition coefficient (Wildman–Crippen LogP) is 4.92. The molecule has 3 aromatic carbocycles. The average Bonchev–Trinajstić information content (AvgIpc) is 3.14. The highest BCUT2D eigenvalue weighted by Crippen LogP contribution is 2.32. The Morgan fingerprint density at radius 1 is 0.871 bits per heavy atom. The van der Waals surface area contributed by atoms with Crippen molar-refractivity contribution < 1.29 is 13.2 Å². The summed E-state index contributed by atoms with van der Waals surface area (Å²) in [5.74, 6) is -0.0709. The van der Waals surface area contributed by atoms with Gasteiger partial charge < -0.3 is 4.90 Å². The van der Waals surface area contributed by atoms with Crippen LogP contribution in [0.1, 0.15) is 38.2 Å². The first-order valence-electron chi connectivity index (χ1n) is 10.3. The summed E-state index contributed by atoms with van der Waals surface area (Å²) in [6, 6.07) is 16.4. The van der Waals surface area contributed by atoms with Crippen molar-refractivity contribution in [2.45, 2.75) is 39.0 Å². The third-order valence-corrected chi connectivity index (χ3v) is 7.06. The molecule has 1 aliphatic rings. The van der Waals surface area contributed by atoms with Gasteiger partial charge in [-0.05, 0) is 81.1 Å². The molecule has 1 aliphatic heterocycles. The second kappa shape index (κ2) is 7.85. The Morgan fingerprint density at radius 2 is 1.52 bits per heavy atom. The molecule has 0 aliphatic carbocycles. The van der Waals surface area contributed by atoms with Gasteiger partial charge in [0.25, 0.3) is 15.9 Å². The van der Waals surface area contributed by atoms with Crippen LogP contribution in [0.3, 0.4) is 0 Å². The number of hydrogen-bond donors (Lipinski definition) is 1. The Bertz CT molecular complexity index is 1260. The minimum absolute atomic E-state index is 0.0709. The number of aryl methyl sites for hydroxylation is 4. The Labute approximate surface area is 183 Å². The van der Waals surface area contributed by atoms with E-state index in [9.17, 15) is 13.2 Å². The van der Waals surface area contributed by atoms with E-state index in [0.717, 1.165) is 33.5 Å². The maximum Gasteiger partial charge on any atom is 0.261 e. The molecule has 1 amide bonds. The van der Waals surface area contributed by atoms with Crippen LogP contribution in [0.4, 0.5) is 11.4 Å². The second-order valence-corrected chi connectivity index (χ2v) is 9.92. The van der Waals surface area contributed by atoms with Crippen molar-refractivity contribution in [1.82, 2.24) is 0 Å². The van der Waals surface area contributed by atoms with Gasteiger partial charge >= 0.3 is 0 Å². The summed E-state index contributed by atoms with van der Waals surface area (Å²) in [7, 11) is -3.74. The van der Waals surface area contributed by atoms with Crippen LogP contribution >= 0.6 is 0 Å². The molecule has 6 heteroatoms. The lowest BCUT2D eigenvalue weighted by atomic mass is 10.1. The topological polar surface area (TPSA) is 66.5 Å². The van der Waals surface area contributed by atoms with E-state index in [-0.39, 0.29) is 10.8 Å². The lowest BCUT2D eigenvalue weighted by Gasteiger charge is -2.18. The van der Waals surface area contributed by atoms with E-state index in [2.05, 4.69) is 4.72 Å². The third kappa shape index (κ3) is 4.08. The Hall–Kier alpha value is -3.12. The zero-order valence-corrected chi connectivity index (χ0v) is 19.0. The van der Waals surface area contributed by atoms with Crippen molar-refractivity contribution in [3.8, 4) is 0 Å². The quantitative estimate of drug-likeness (QED) is 0.634. The van der Waals surface area contributed by atoms with Gasteiger partial charge in [-0.25, -0.2) is 8.42 Å². The summed E-state index contributed by atoms with van der Waals surface area (Å²) in [5, 5.41) is 0. The normalized spacial score (nSPS) is 13.2. The molecule has 31 heavy (non-hydrogen) atoms. The van der Waals surface area contributed by atoms with Crippen LogP contribution in [0.15, 0.2) is 59.5 Å². The van der Waals surface area contributed by atoms with Gasteiger partial charge in [0.2, 0.25) is 0 Å². The summed E-state index contributed by atoms with van der Waals surface area (Å²) in [4.78, 5) is 14.9. The number of nitrogens with one attached hydrogen (secondary N) is 1. The number of sulfonamides is 1. The molecule has 0 radical (unpaired) electrons. The van der Waals surface area contributed by atoms with E-state index < -0.39 is 10.0 Å². The van der Waals surface area contributed by atoms with Gasteiger partial charge in [-0.3, -0.25) is 9.52 Å². The number of anilines is 2. The molecular weight excluding hydrogens is 408 g/mol. The van der Waals surface area contributed by atoms with Crippen molar-refractivity contribution >= 4 is 27.3 Å². The fraction of sp³-hybridized carbons (Fsp3) is 0.240. The van der Waals surface area contributed by atoms with Crippen molar-refractivity contribution in [1.29, 1.82) is 0 Å². The molecule has 0 bridgehead atoms. The fourth-order valence-corrected chi connectivity index (χ4v) is 5.40. The monoisotopic (exact) mass is 434 g/mol. The predicted molar refractivity (Wildman–Crippen MR) is 124 cm³/mol. The van der Waals surface area contributed by atoms with Gasteiger partial charge in [-0.15, -0.1) is 0 Å². The van der Waals surface area contributed by atoms with Gasteiger partial charge in [0.1, 0.15) is 0 Å². The first-order chi connectivity index (χ1) is 14.7. The summed E-state index contributed by atoms with van der Waals surface area (Å²) in [6.07, 6.45) is 0.624. The van der Waals surface area contributed by atoms with Crippen LogP contribution in [-0.4, -0.2) is 20.9 Å². The van der Waals surface area contributed by atoms with Gasteiger partial charge in [0, 0.05) is 17.8 Å². The fourth-order valence-electron chi connectivity index (χ4n) is 4.14. The maximum absolute atomic E-state index is 13.1. The molecule has 1 heterocycles. The summed E-state index contributed by atoms with van der Waals surface area (Å²) in [6.45, 7) is 8.30. The summed E-state index contributed by atoms with van der Waals surface area (Å²) < 4.78 is 28.9. The zero-order chi connectivity index (χ0) is 22.3. The van der Waals surface area contributed by atoms with Gasteiger partial charge in [-0.2, -0.15) is 0 Å². The molecule has 160 valence electrons. The molecule has 0 atom stereocenters. The van der Waals surface area contributed by atoms with Crippen LogP contribution in [-0.2, 0) is 16.4 Å². The van der Waals surface area contributed by atoms with E-state index in [1.807, 2.05) is 64.1 Å². The molecule has 0 saturated carbocycles. The number of benzene rings is 3. The second-order valence-electron chi connectivity index (χ2n) is 8.24. The zero-order valence-electron chi connectivity index (χ0n) is 18.2. The molecule has 5 nitrogen and oxygen atoms in total. The number of fused-ring (bicyclic) bond motifs is 1. The van der Waals surface area contributed by atoms with Crippen LogP contribution in [0.5, 0.6) is 0 Å². The van der Waals surface area contributed by atoms with E-state index >= 15 is 0 Å². The molecule has 0 saturated heterocycles. The molecule has 0 spiro atoms. The Kier molecular flexibility index (Phi) is 5.35. The van der Waals surface area contributed by atoms with Crippen LogP contribution < -0.4 is 9.62 Å². The minimum atomic E-state index is -3.74. The van der Waals surface area contributed by atoms with Gasteiger partial charge in [0.15, 0.2) is 0 Å². The number of carbonyl (C=O) groups excluding carboxylic acids is 1. The van der Waals surface area contributed by atoms with E-state index in [0.29, 0.717) is 24.2 Å². The maximum atomic E-state index is 13.1. The van der Waals surface area contributed by atoms with Crippen LogP contribution in [0.2, 0.25) is 0 Å². The van der Waals surface area contributed by atoms with Crippen molar-refractivity contribution in [3.63, 3.8) is 0 Å². The lowest BCUT2D eigenvalue weighted by molar-refractivity contribution is 0.0989. The highest BCUT2D eigenvalue weighted by atomic mass is 32.2. The van der Waals surface area contributed by atoms with E-state index in [1.54, 1.807) is 23.1 Å². The highest BCUT2D eigenvalue weighted by Gasteiger charge is 2.27. The van der Waals surface area contributed by atoms with Gasteiger partial charge in [-0.1, -0.05) is 35.4 Å². The molecule has 0 unspecified atom stereocenters.